The zero-order valence-electron chi connectivity index (χ0n) is 15.0. The van der Waals surface area contributed by atoms with Crippen molar-refractivity contribution in [3.8, 4) is 0 Å². The molecule has 25 heavy (non-hydrogen) atoms. The van der Waals surface area contributed by atoms with Crippen LogP contribution in [-0.2, 0) is 16.1 Å². The third-order valence-electron chi connectivity index (χ3n) is 6.09. The first-order valence-electron chi connectivity index (χ1n) is 9.81. The third kappa shape index (κ3) is 4.06. The lowest BCUT2D eigenvalue weighted by molar-refractivity contribution is -0.120. The van der Waals surface area contributed by atoms with Crippen LogP contribution in [0.2, 0.25) is 0 Å². The SMILES string of the molecule is O=C1CCOC2(CCN(Cc3cc(C4CCCCC4)no3)CC2)CN1. The Morgan fingerprint density at radius 3 is 2.84 bits per heavy atom. The largest absolute Gasteiger partial charge is 0.373 e. The second-order valence-corrected chi connectivity index (χ2v) is 7.89. The Hall–Kier alpha value is -1.40. The Balaban J connectivity index is 1.30. The van der Waals surface area contributed by atoms with E-state index in [4.69, 9.17) is 9.26 Å². The molecule has 0 bridgehead atoms. The van der Waals surface area contributed by atoms with Gasteiger partial charge in [-0.05, 0) is 25.7 Å². The smallest absolute Gasteiger partial charge is 0.222 e. The molecule has 2 aliphatic heterocycles. The molecule has 0 aromatic carbocycles. The zero-order chi connectivity index (χ0) is 17.1. The number of amides is 1. The molecule has 1 spiro atoms. The number of carbonyl (C=O) groups is 1. The van der Waals surface area contributed by atoms with Gasteiger partial charge in [-0.1, -0.05) is 24.4 Å². The Morgan fingerprint density at radius 1 is 1.24 bits per heavy atom. The van der Waals surface area contributed by atoms with Crippen molar-refractivity contribution >= 4 is 5.91 Å². The number of aromatic nitrogens is 1. The van der Waals surface area contributed by atoms with E-state index in [0.29, 0.717) is 25.5 Å². The fraction of sp³-hybridized carbons (Fsp3) is 0.789. The lowest BCUT2D eigenvalue weighted by Crippen LogP contribution is -2.50. The van der Waals surface area contributed by atoms with Crippen LogP contribution in [0.5, 0.6) is 0 Å². The fourth-order valence-corrected chi connectivity index (χ4v) is 4.41. The van der Waals surface area contributed by atoms with E-state index >= 15 is 0 Å². The summed E-state index contributed by atoms with van der Waals surface area (Å²) in [5.74, 6) is 1.68. The quantitative estimate of drug-likeness (QED) is 0.910. The van der Waals surface area contributed by atoms with Crippen LogP contribution in [0.15, 0.2) is 10.6 Å². The lowest BCUT2D eigenvalue weighted by atomic mass is 9.87. The second kappa shape index (κ2) is 7.46. The normalized spacial score (nSPS) is 25.7. The molecule has 1 N–H and O–H groups in total. The van der Waals surface area contributed by atoms with Crippen molar-refractivity contribution < 1.29 is 14.1 Å². The van der Waals surface area contributed by atoms with Crippen molar-refractivity contribution in [3.05, 3.63) is 17.5 Å². The summed E-state index contributed by atoms with van der Waals surface area (Å²) < 4.78 is 11.6. The van der Waals surface area contributed by atoms with Gasteiger partial charge in [0.05, 0.1) is 24.4 Å². The predicted molar refractivity (Wildman–Crippen MR) is 93.1 cm³/mol. The molecule has 1 aliphatic carbocycles. The summed E-state index contributed by atoms with van der Waals surface area (Å²) in [7, 11) is 0. The first-order valence-corrected chi connectivity index (χ1v) is 9.81. The highest BCUT2D eigenvalue weighted by Gasteiger charge is 2.37. The van der Waals surface area contributed by atoms with E-state index in [1.165, 1.54) is 32.1 Å². The van der Waals surface area contributed by atoms with Gasteiger partial charge in [0.25, 0.3) is 0 Å². The van der Waals surface area contributed by atoms with E-state index in [1.807, 2.05) is 0 Å². The molecular formula is C19H29N3O3. The molecule has 138 valence electrons. The molecule has 3 fully saturated rings. The molecule has 6 heteroatoms. The summed E-state index contributed by atoms with van der Waals surface area (Å²) in [6.07, 6.45) is 8.89. The van der Waals surface area contributed by atoms with E-state index in [-0.39, 0.29) is 11.5 Å². The Bertz CT molecular complexity index is 586. The minimum absolute atomic E-state index is 0.108. The van der Waals surface area contributed by atoms with Gasteiger partial charge in [0.2, 0.25) is 5.91 Å². The molecule has 0 atom stereocenters. The molecule has 1 aromatic rings. The van der Waals surface area contributed by atoms with E-state index in [1.54, 1.807) is 0 Å². The third-order valence-corrected chi connectivity index (χ3v) is 6.09. The first-order chi connectivity index (χ1) is 12.2. The average molecular weight is 347 g/mol. The summed E-state index contributed by atoms with van der Waals surface area (Å²) in [6.45, 7) is 3.94. The molecule has 1 saturated carbocycles. The number of likely N-dealkylation sites (tertiary alicyclic amines) is 1. The highest BCUT2D eigenvalue weighted by atomic mass is 16.5. The molecule has 1 amide bonds. The molecule has 6 nitrogen and oxygen atoms in total. The van der Waals surface area contributed by atoms with Crippen molar-refractivity contribution in [2.75, 3.05) is 26.2 Å². The van der Waals surface area contributed by atoms with Crippen LogP contribution in [0.4, 0.5) is 0 Å². The summed E-state index contributed by atoms with van der Waals surface area (Å²) in [6, 6.07) is 2.17. The van der Waals surface area contributed by atoms with Gasteiger partial charge in [0, 0.05) is 38.0 Å². The second-order valence-electron chi connectivity index (χ2n) is 7.89. The summed E-state index contributed by atoms with van der Waals surface area (Å²) in [5.41, 5.74) is 0.982. The Labute approximate surface area is 149 Å². The molecule has 0 radical (unpaired) electrons. The number of ether oxygens (including phenoxy) is 1. The molecule has 4 rings (SSSR count). The maximum Gasteiger partial charge on any atom is 0.222 e. The summed E-state index contributed by atoms with van der Waals surface area (Å²) in [5, 5.41) is 7.33. The topological polar surface area (TPSA) is 67.6 Å². The van der Waals surface area contributed by atoms with Crippen molar-refractivity contribution in [3.63, 3.8) is 0 Å². The number of hydrogen-bond donors (Lipinski definition) is 1. The summed E-state index contributed by atoms with van der Waals surface area (Å²) >= 11 is 0. The van der Waals surface area contributed by atoms with Crippen LogP contribution in [-0.4, -0.2) is 47.8 Å². The van der Waals surface area contributed by atoms with Gasteiger partial charge in [-0.2, -0.15) is 0 Å². The van der Waals surface area contributed by atoms with Gasteiger partial charge in [0.1, 0.15) is 0 Å². The maximum atomic E-state index is 11.5. The van der Waals surface area contributed by atoms with Crippen LogP contribution in [0, 0.1) is 0 Å². The number of nitrogens with one attached hydrogen (secondary N) is 1. The first kappa shape index (κ1) is 17.0. The van der Waals surface area contributed by atoms with Crippen molar-refractivity contribution in [1.29, 1.82) is 0 Å². The highest BCUT2D eigenvalue weighted by molar-refractivity contribution is 5.76. The molecule has 1 aromatic heterocycles. The monoisotopic (exact) mass is 347 g/mol. The van der Waals surface area contributed by atoms with Gasteiger partial charge in [-0.25, -0.2) is 0 Å². The van der Waals surface area contributed by atoms with Gasteiger partial charge in [0.15, 0.2) is 5.76 Å². The van der Waals surface area contributed by atoms with Gasteiger partial charge in [-0.15, -0.1) is 0 Å². The van der Waals surface area contributed by atoms with E-state index < -0.39 is 0 Å². The zero-order valence-corrected chi connectivity index (χ0v) is 15.0. The van der Waals surface area contributed by atoms with Crippen LogP contribution in [0.1, 0.15) is 68.7 Å². The van der Waals surface area contributed by atoms with Gasteiger partial charge >= 0.3 is 0 Å². The molecule has 3 aliphatic rings. The standard InChI is InChI=1S/C19H29N3O3/c23-18-6-11-24-19(14-20-18)7-9-22(10-8-19)13-16-12-17(21-25-16)15-4-2-1-3-5-15/h12,15H,1-11,13-14H2,(H,20,23). The Morgan fingerprint density at radius 2 is 2.04 bits per heavy atom. The van der Waals surface area contributed by atoms with Crippen LogP contribution in [0.25, 0.3) is 0 Å². The van der Waals surface area contributed by atoms with Crippen molar-refractivity contribution in [2.24, 2.45) is 0 Å². The molecular weight excluding hydrogens is 318 g/mol. The van der Waals surface area contributed by atoms with E-state index in [9.17, 15) is 4.79 Å². The summed E-state index contributed by atoms with van der Waals surface area (Å²) in [4.78, 5) is 13.9. The molecule has 3 heterocycles. The lowest BCUT2D eigenvalue weighted by Gasteiger charge is -2.40. The van der Waals surface area contributed by atoms with Crippen LogP contribution in [0.3, 0.4) is 0 Å². The van der Waals surface area contributed by atoms with E-state index in [2.05, 4.69) is 21.4 Å². The number of piperidine rings is 1. The average Bonchev–Trinajstić information content (AvgIpc) is 3.04. The van der Waals surface area contributed by atoms with E-state index in [0.717, 1.165) is 43.9 Å². The Kier molecular flexibility index (Phi) is 5.08. The van der Waals surface area contributed by atoms with Crippen molar-refractivity contribution in [1.82, 2.24) is 15.4 Å². The number of rotatable bonds is 3. The van der Waals surface area contributed by atoms with Crippen molar-refractivity contribution in [2.45, 2.75) is 69.4 Å². The number of hydrogen-bond acceptors (Lipinski definition) is 5. The van der Waals surface area contributed by atoms with Crippen LogP contribution < -0.4 is 5.32 Å². The predicted octanol–water partition coefficient (Wildman–Crippen LogP) is 2.59. The number of carbonyl (C=O) groups excluding carboxylic acids is 1. The minimum Gasteiger partial charge on any atom is -0.373 e. The van der Waals surface area contributed by atoms with Gasteiger partial charge < -0.3 is 14.6 Å². The molecule has 2 saturated heterocycles. The maximum absolute atomic E-state index is 11.5. The fourth-order valence-electron chi connectivity index (χ4n) is 4.41. The molecule has 0 unspecified atom stereocenters. The highest BCUT2D eigenvalue weighted by Crippen LogP contribution is 2.33. The number of nitrogens with zero attached hydrogens (tertiary/aromatic N) is 2. The van der Waals surface area contributed by atoms with Gasteiger partial charge in [-0.3, -0.25) is 9.69 Å². The van der Waals surface area contributed by atoms with Crippen LogP contribution >= 0.6 is 0 Å². The minimum atomic E-state index is -0.169.